The third kappa shape index (κ3) is 2.21. The molecule has 0 aliphatic carbocycles. The van der Waals surface area contributed by atoms with Gasteiger partial charge in [-0.3, -0.25) is 4.40 Å². The van der Waals surface area contributed by atoms with Gasteiger partial charge in [-0.1, -0.05) is 6.92 Å². The van der Waals surface area contributed by atoms with E-state index in [1.54, 1.807) is 27.7 Å². The Bertz CT molecular complexity index is 722. The molecule has 3 rings (SSSR count). The molecule has 0 spiro atoms. The van der Waals surface area contributed by atoms with E-state index in [2.05, 4.69) is 10.4 Å². The Hall–Kier alpha value is -0.810. The number of thioether (sulfide) groups is 1. The number of rotatable bonds is 3. The molecule has 1 aliphatic rings. The van der Waals surface area contributed by atoms with E-state index in [-0.39, 0.29) is 10.8 Å². The summed E-state index contributed by atoms with van der Waals surface area (Å²) < 4.78 is 28.8. The number of aromatic nitrogens is 2. The highest BCUT2D eigenvalue weighted by molar-refractivity contribution is 8.00. The lowest BCUT2D eigenvalue weighted by Gasteiger charge is -2.29. The lowest BCUT2D eigenvalue weighted by molar-refractivity contribution is 0.422. The largest absolute Gasteiger partial charge is 0.306 e. The molecule has 2 aromatic rings. The van der Waals surface area contributed by atoms with E-state index in [0.717, 1.165) is 5.75 Å². The van der Waals surface area contributed by atoms with E-state index < -0.39 is 10.0 Å². The van der Waals surface area contributed by atoms with Gasteiger partial charge in [0.2, 0.25) is 5.03 Å². The first-order valence-corrected chi connectivity index (χ1v) is 9.45. The fourth-order valence-corrected chi connectivity index (χ4v) is 5.97. The van der Waals surface area contributed by atoms with Crippen molar-refractivity contribution in [1.82, 2.24) is 13.7 Å². The van der Waals surface area contributed by atoms with Crippen LogP contribution in [0.1, 0.15) is 6.92 Å². The first kappa shape index (κ1) is 14.1. The fraction of sp³-hybridized carbons (Fsp3) is 0.500. The Morgan fingerprint density at radius 2 is 2.35 bits per heavy atom. The zero-order valence-corrected chi connectivity index (χ0v) is 13.3. The lowest BCUT2D eigenvalue weighted by atomic mass is 10.4. The molecule has 3 heterocycles. The third-order valence-electron chi connectivity index (χ3n) is 3.14. The summed E-state index contributed by atoms with van der Waals surface area (Å²) in [6, 6.07) is 0. The quantitative estimate of drug-likeness (QED) is 0.638. The Balaban J connectivity index is 2.10. The minimum atomic E-state index is -3.61. The first-order chi connectivity index (χ1) is 9.54. The summed E-state index contributed by atoms with van der Waals surface area (Å²) in [5.74, 6) is 6.42. The molecule has 20 heavy (non-hydrogen) atoms. The summed E-state index contributed by atoms with van der Waals surface area (Å²) in [7, 11) is -3.61. The van der Waals surface area contributed by atoms with Crippen LogP contribution in [0.3, 0.4) is 0 Å². The molecular weight excluding hydrogens is 318 g/mol. The van der Waals surface area contributed by atoms with E-state index in [4.69, 9.17) is 5.84 Å². The van der Waals surface area contributed by atoms with Crippen molar-refractivity contribution >= 4 is 43.9 Å². The van der Waals surface area contributed by atoms with Crippen LogP contribution in [-0.4, -0.2) is 46.2 Å². The number of anilines is 1. The van der Waals surface area contributed by atoms with E-state index >= 15 is 0 Å². The summed E-state index contributed by atoms with van der Waals surface area (Å²) in [5, 5.41) is 2.21. The van der Waals surface area contributed by atoms with Gasteiger partial charge in [0.25, 0.3) is 10.0 Å². The molecule has 1 unspecified atom stereocenters. The first-order valence-electron chi connectivity index (χ1n) is 6.08. The van der Waals surface area contributed by atoms with Crippen molar-refractivity contribution in [1.29, 1.82) is 0 Å². The van der Waals surface area contributed by atoms with Gasteiger partial charge >= 0.3 is 0 Å². The second-order valence-electron chi connectivity index (χ2n) is 4.51. The average Bonchev–Trinajstić information content (AvgIpc) is 2.97. The van der Waals surface area contributed by atoms with Gasteiger partial charge in [-0.05, 0) is 0 Å². The van der Waals surface area contributed by atoms with Crippen LogP contribution in [0.2, 0.25) is 0 Å². The van der Waals surface area contributed by atoms with Crippen molar-refractivity contribution < 1.29 is 8.42 Å². The fourth-order valence-electron chi connectivity index (χ4n) is 2.23. The number of nitrogens with two attached hydrogens (primary N) is 1. The molecule has 3 N–H and O–H groups in total. The van der Waals surface area contributed by atoms with Crippen LogP contribution in [0, 0.1) is 0 Å². The molecule has 2 aromatic heterocycles. The number of thiazole rings is 1. The van der Waals surface area contributed by atoms with Crippen molar-refractivity contribution in [3.05, 3.63) is 11.6 Å². The zero-order chi connectivity index (χ0) is 14.3. The van der Waals surface area contributed by atoms with Crippen LogP contribution in [0.25, 0.3) is 4.96 Å². The van der Waals surface area contributed by atoms with Crippen molar-refractivity contribution in [3.8, 4) is 0 Å². The summed E-state index contributed by atoms with van der Waals surface area (Å²) in [6.07, 6.45) is 1.70. The van der Waals surface area contributed by atoms with Crippen LogP contribution in [-0.2, 0) is 10.0 Å². The SMILES string of the molecule is CC1CN(S(=O)(=O)c2c(NN)nc3sccn23)CCS1. The molecule has 0 radical (unpaired) electrons. The van der Waals surface area contributed by atoms with Crippen LogP contribution in [0.4, 0.5) is 5.82 Å². The van der Waals surface area contributed by atoms with Crippen LogP contribution < -0.4 is 11.3 Å². The van der Waals surface area contributed by atoms with Crippen molar-refractivity contribution in [2.45, 2.75) is 17.2 Å². The Morgan fingerprint density at radius 3 is 3.05 bits per heavy atom. The number of hydrazine groups is 1. The molecule has 0 amide bonds. The summed E-state index contributed by atoms with van der Waals surface area (Å²) >= 11 is 3.15. The maximum Gasteiger partial charge on any atom is 0.263 e. The standard InChI is InChI=1S/C10H15N5O2S3/c1-7-6-14(2-4-18-7)20(16,17)9-8(13-11)12-10-15(9)3-5-19-10/h3,5,7,13H,2,4,6,11H2,1H3. The van der Waals surface area contributed by atoms with Gasteiger partial charge in [0, 0.05) is 35.7 Å². The predicted octanol–water partition coefficient (Wildman–Crippen LogP) is 0.807. The number of hydrogen-bond acceptors (Lipinski definition) is 7. The summed E-state index contributed by atoms with van der Waals surface area (Å²) in [6.45, 7) is 3.05. The molecule has 110 valence electrons. The van der Waals surface area contributed by atoms with E-state index in [9.17, 15) is 8.42 Å². The number of imidazole rings is 1. The molecule has 1 aliphatic heterocycles. The maximum absolute atomic E-state index is 12.9. The molecule has 0 saturated carbocycles. The van der Waals surface area contributed by atoms with Crippen LogP contribution in [0.15, 0.2) is 16.6 Å². The number of hydrogen-bond donors (Lipinski definition) is 2. The topological polar surface area (TPSA) is 92.7 Å². The molecule has 1 saturated heterocycles. The second-order valence-corrected chi connectivity index (χ2v) is 8.78. The zero-order valence-electron chi connectivity index (χ0n) is 10.8. The van der Waals surface area contributed by atoms with Gasteiger partial charge < -0.3 is 5.43 Å². The smallest absolute Gasteiger partial charge is 0.263 e. The number of nitrogens with zero attached hydrogens (tertiary/aromatic N) is 3. The van der Waals surface area contributed by atoms with E-state index in [1.807, 2.05) is 6.92 Å². The van der Waals surface area contributed by atoms with Crippen molar-refractivity contribution in [3.63, 3.8) is 0 Å². The van der Waals surface area contributed by atoms with Crippen LogP contribution >= 0.6 is 23.1 Å². The summed E-state index contributed by atoms with van der Waals surface area (Å²) in [5.41, 5.74) is 2.39. The molecule has 0 bridgehead atoms. The van der Waals surface area contributed by atoms with Crippen LogP contribution in [0.5, 0.6) is 0 Å². The Labute approximate surface area is 125 Å². The number of nitrogens with one attached hydrogen (secondary N) is 1. The van der Waals surface area contributed by atoms with Crippen molar-refractivity contribution in [2.24, 2.45) is 5.84 Å². The van der Waals surface area contributed by atoms with Crippen molar-refractivity contribution in [2.75, 3.05) is 24.3 Å². The molecule has 10 heteroatoms. The van der Waals surface area contributed by atoms with Gasteiger partial charge in [0.05, 0.1) is 0 Å². The molecular formula is C10H15N5O2S3. The van der Waals surface area contributed by atoms with Gasteiger partial charge in [-0.2, -0.15) is 21.1 Å². The monoisotopic (exact) mass is 333 g/mol. The van der Waals surface area contributed by atoms with Gasteiger partial charge in [0.1, 0.15) is 0 Å². The highest BCUT2D eigenvalue weighted by atomic mass is 32.2. The predicted molar refractivity (Wildman–Crippen MR) is 81.6 cm³/mol. The maximum atomic E-state index is 12.9. The number of fused-ring (bicyclic) bond motifs is 1. The Kier molecular flexibility index (Phi) is 3.67. The molecule has 1 fully saturated rings. The van der Waals surface area contributed by atoms with E-state index in [1.165, 1.54) is 15.6 Å². The molecule has 7 nitrogen and oxygen atoms in total. The minimum absolute atomic E-state index is 0.121. The molecule has 0 aromatic carbocycles. The number of nitrogen functional groups attached to an aromatic ring is 1. The second kappa shape index (κ2) is 5.19. The Morgan fingerprint density at radius 1 is 1.55 bits per heavy atom. The summed E-state index contributed by atoms with van der Waals surface area (Å²) in [4.78, 5) is 4.81. The highest BCUT2D eigenvalue weighted by Gasteiger charge is 2.34. The normalized spacial score (nSPS) is 21.4. The van der Waals surface area contributed by atoms with Gasteiger partial charge in [-0.25, -0.2) is 14.3 Å². The van der Waals surface area contributed by atoms with E-state index in [0.29, 0.717) is 23.3 Å². The lowest BCUT2D eigenvalue weighted by Crippen LogP contribution is -2.41. The van der Waals surface area contributed by atoms with Gasteiger partial charge in [0.15, 0.2) is 10.8 Å². The minimum Gasteiger partial charge on any atom is -0.306 e. The number of sulfonamides is 1. The average molecular weight is 333 g/mol. The van der Waals surface area contributed by atoms with Gasteiger partial charge in [-0.15, -0.1) is 11.3 Å². The third-order valence-corrected chi connectivity index (χ3v) is 6.93. The highest BCUT2D eigenvalue weighted by Crippen LogP contribution is 2.30. The molecule has 1 atom stereocenters.